The Kier molecular flexibility index (Phi) is 4.81. The normalized spacial score (nSPS) is 20.3. The van der Waals surface area contributed by atoms with Crippen molar-refractivity contribution in [1.29, 1.82) is 0 Å². The van der Waals surface area contributed by atoms with E-state index >= 15 is 0 Å². The van der Waals surface area contributed by atoms with E-state index in [1.54, 1.807) is 10.4 Å². The Balaban J connectivity index is 1.68. The van der Waals surface area contributed by atoms with Crippen LogP contribution >= 0.6 is 0 Å². The van der Waals surface area contributed by atoms with E-state index in [1.807, 2.05) is 0 Å². The fourth-order valence-corrected chi connectivity index (χ4v) is 3.90. The zero-order chi connectivity index (χ0) is 13.0. The average molecular weight is 272 g/mol. The van der Waals surface area contributed by atoms with E-state index in [9.17, 15) is 8.42 Å². The summed E-state index contributed by atoms with van der Waals surface area (Å²) in [4.78, 5) is 0. The summed E-state index contributed by atoms with van der Waals surface area (Å²) in [6.07, 6.45) is 7.97. The molecule has 104 valence electrons. The maximum Gasteiger partial charge on any atom is 0.214 e. The van der Waals surface area contributed by atoms with Gasteiger partial charge in [0.15, 0.2) is 0 Å². The second kappa shape index (κ2) is 6.17. The Morgan fingerprint density at radius 3 is 2.50 bits per heavy atom. The molecule has 0 atom stereocenters. The van der Waals surface area contributed by atoms with Crippen molar-refractivity contribution >= 4 is 10.0 Å². The highest BCUT2D eigenvalue weighted by atomic mass is 32.2. The van der Waals surface area contributed by atoms with Crippen molar-refractivity contribution in [3.63, 3.8) is 0 Å². The quantitative estimate of drug-likeness (QED) is 0.484. The van der Waals surface area contributed by atoms with Gasteiger partial charge in [-0.1, -0.05) is 6.08 Å². The highest BCUT2D eigenvalue weighted by Crippen LogP contribution is 2.29. The molecule has 0 amide bonds. The summed E-state index contributed by atoms with van der Waals surface area (Å²) in [5.41, 5.74) is 0. The SMILES string of the molecule is C=CCN(C1CC1)S(=O)(=O)CCCCNC1CC1. The van der Waals surface area contributed by atoms with Crippen LogP contribution in [-0.4, -0.2) is 43.6 Å². The first-order valence-electron chi connectivity index (χ1n) is 6.97. The summed E-state index contributed by atoms with van der Waals surface area (Å²) in [7, 11) is -3.07. The molecule has 0 aromatic heterocycles. The lowest BCUT2D eigenvalue weighted by atomic mass is 10.3. The van der Waals surface area contributed by atoms with E-state index in [0.29, 0.717) is 12.6 Å². The van der Waals surface area contributed by atoms with Crippen molar-refractivity contribution in [1.82, 2.24) is 9.62 Å². The minimum Gasteiger partial charge on any atom is -0.314 e. The third kappa shape index (κ3) is 4.37. The first-order chi connectivity index (χ1) is 8.63. The first-order valence-corrected chi connectivity index (χ1v) is 8.58. The molecule has 2 aliphatic carbocycles. The lowest BCUT2D eigenvalue weighted by Crippen LogP contribution is -2.35. The van der Waals surface area contributed by atoms with Gasteiger partial charge in [0.05, 0.1) is 5.75 Å². The molecule has 0 aromatic carbocycles. The molecule has 2 rings (SSSR count). The van der Waals surface area contributed by atoms with E-state index < -0.39 is 10.0 Å². The second-order valence-electron chi connectivity index (χ2n) is 5.34. The van der Waals surface area contributed by atoms with Gasteiger partial charge < -0.3 is 5.32 Å². The van der Waals surface area contributed by atoms with E-state index in [4.69, 9.17) is 0 Å². The minimum absolute atomic E-state index is 0.248. The van der Waals surface area contributed by atoms with Gasteiger partial charge in [-0.2, -0.15) is 4.31 Å². The van der Waals surface area contributed by atoms with Crippen molar-refractivity contribution in [2.45, 2.75) is 50.6 Å². The Morgan fingerprint density at radius 2 is 1.94 bits per heavy atom. The third-order valence-corrected chi connectivity index (χ3v) is 5.43. The van der Waals surface area contributed by atoms with Crippen molar-refractivity contribution in [2.24, 2.45) is 0 Å². The molecule has 0 spiro atoms. The fraction of sp³-hybridized carbons (Fsp3) is 0.846. The standard InChI is InChI=1S/C13H24N2O2S/c1-2-10-15(13-7-8-13)18(16,17)11-4-3-9-14-12-5-6-12/h2,12-14H,1,3-11H2. The molecule has 0 saturated heterocycles. The molecule has 0 aromatic rings. The number of unbranched alkanes of at least 4 members (excludes halogenated alkanes) is 1. The summed E-state index contributed by atoms with van der Waals surface area (Å²) in [5, 5.41) is 3.41. The van der Waals surface area contributed by atoms with Crippen LogP contribution in [0.3, 0.4) is 0 Å². The predicted molar refractivity (Wildman–Crippen MR) is 74.0 cm³/mol. The molecule has 18 heavy (non-hydrogen) atoms. The minimum atomic E-state index is -3.07. The number of nitrogens with one attached hydrogen (secondary N) is 1. The van der Waals surface area contributed by atoms with Crippen LogP contribution in [0.25, 0.3) is 0 Å². The molecule has 2 saturated carbocycles. The summed E-state index contributed by atoms with van der Waals surface area (Å²) in [6, 6.07) is 0.961. The monoisotopic (exact) mass is 272 g/mol. The van der Waals surface area contributed by atoms with Crippen LogP contribution < -0.4 is 5.32 Å². The van der Waals surface area contributed by atoms with Gasteiger partial charge >= 0.3 is 0 Å². The zero-order valence-electron chi connectivity index (χ0n) is 11.0. The molecule has 0 radical (unpaired) electrons. The van der Waals surface area contributed by atoms with Gasteiger partial charge in [0, 0.05) is 18.6 Å². The molecule has 0 aliphatic heterocycles. The summed E-state index contributed by atoms with van der Waals surface area (Å²) < 4.78 is 26.0. The molecule has 4 nitrogen and oxygen atoms in total. The van der Waals surface area contributed by atoms with E-state index in [2.05, 4.69) is 11.9 Å². The van der Waals surface area contributed by atoms with Crippen LogP contribution in [-0.2, 0) is 10.0 Å². The zero-order valence-corrected chi connectivity index (χ0v) is 11.8. The molecular weight excluding hydrogens is 248 g/mol. The molecule has 0 bridgehead atoms. The summed E-state index contributed by atoms with van der Waals surface area (Å²) in [5.74, 6) is 0.281. The largest absolute Gasteiger partial charge is 0.314 e. The molecule has 5 heteroatoms. The van der Waals surface area contributed by atoms with Crippen molar-refractivity contribution < 1.29 is 8.42 Å². The number of hydrogen-bond donors (Lipinski definition) is 1. The van der Waals surface area contributed by atoms with Gasteiger partial charge in [-0.15, -0.1) is 6.58 Å². The maximum absolute atomic E-state index is 12.2. The first kappa shape index (κ1) is 14.0. The number of sulfonamides is 1. The molecule has 0 unspecified atom stereocenters. The highest BCUT2D eigenvalue weighted by Gasteiger charge is 2.35. The fourth-order valence-electron chi connectivity index (χ4n) is 2.10. The van der Waals surface area contributed by atoms with E-state index in [0.717, 1.165) is 32.2 Å². The Labute approximate surface area is 110 Å². The molecule has 2 fully saturated rings. The van der Waals surface area contributed by atoms with Gasteiger partial charge in [-0.3, -0.25) is 0 Å². The Hall–Kier alpha value is -0.390. The second-order valence-corrected chi connectivity index (χ2v) is 7.38. The maximum atomic E-state index is 12.2. The highest BCUT2D eigenvalue weighted by molar-refractivity contribution is 7.89. The number of rotatable bonds is 10. The van der Waals surface area contributed by atoms with Crippen molar-refractivity contribution in [3.05, 3.63) is 12.7 Å². The summed E-state index contributed by atoms with van der Waals surface area (Å²) in [6.45, 7) is 5.06. The smallest absolute Gasteiger partial charge is 0.214 e. The van der Waals surface area contributed by atoms with Crippen LogP contribution in [0.1, 0.15) is 38.5 Å². The van der Waals surface area contributed by atoms with Gasteiger partial charge in [0.25, 0.3) is 0 Å². The van der Waals surface area contributed by atoms with Gasteiger partial charge in [-0.25, -0.2) is 8.42 Å². The lowest BCUT2D eigenvalue weighted by molar-refractivity contribution is 0.434. The van der Waals surface area contributed by atoms with Gasteiger partial charge in [-0.05, 0) is 45.1 Å². The lowest BCUT2D eigenvalue weighted by Gasteiger charge is -2.20. The average Bonchev–Trinajstić information content (AvgIpc) is 3.17. The Bertz CT molecular complexity index is 372. The van der Waals surface area contributed by atoms with E-state index in [1.165, 1.54) is 12.8 Å². The predicted octanol–water partition coefficient (Wildman–Crippen LogP) is 1.50. The van der Waals surface area contributed by atoms with Crippen molar-refractivity contribution in [2.75, 3.05) is 18.8 Å². The van der Waals surface area contributed by atoms with Gasteiger partial charge in [0.2, 0.25) is 10.0 Å². The number of hydrogen-bond acceptors (Lipinski definition) is 3. The molecule has 2 aliphatic rings. The molecular formula is C13H24N2O2S. The van der Waals surface area contributed by atoms with Crippen LogP contribution in [0.15, 0.2) is 12.7 Å². The third-order valence-electron chi connectivity index (χ3n) is 3.46. The van der Waals surface area contributed by atoms with Crippen LogP contribution in [0.4, 0.5) is 0 Å². The Morgan fingerprint density at radius 1 is 1.22 bits per heavy atom. The summed E-state index contributed by atoms with van der Waals surface area (Å²) >= 11 is 0. The van der Waals surface area contributed by atoms with Crippen molar-refractivity contribution in [3.8, 4) is 0 Å². The van der Waals surface area contributed by atoms with Crippen LogP contribution in [0.2, 0.25) is 0 Å². The number of nitrogens with zero attached hydrogens (tertiary/aromatic N) is 1. The van der Waals surface area contributed by atoms with Crippen LogP contribution in [0, 0.1) is 0 Å². The molecule has 0 heterocycles. The topological polar surface area (TPSA) is 49.4 Å². The van der Waals surface area contributed by atoms with Crippen LogP contribution in [0.5, 0.6) is 0 Å². The van der Waals surface area contributed by atoms with Gasteiger partial charge in [0.1, 0.15) is 0 Å². The molecule has 1 N–H and O–H groups in total. The van der Waals surface area contributed by atoms with E-state index in [-0.39, 0.29) is 11.8 Å².